The molecule has 0 amide bonds. The summed E-state index contributed by atoms with van der Waals surface area (Å²) in [5.41, 5.74) is 1.18. The van der Waals surface area contributed by atoms with Crippen molar-refractivity contribution >= 4 is 26.7 Å². The van der Waals surface area contributed by atoms with Crippen molar-refractivity contribution in [2.45, 2.75) is 0 Å². The van der Waals surface area contributed by atoms with Crippen LogP contribution in [-0.4, -0.2) is 19.9 Å². The molecule has 6 nitrogen and oxygen atoms in total. The summed E-state index contributed by atoms with van der Waals surface area (Å²) in [5.74, 6) is -0.0284. The molecule has 0 atom stereocenters. The van der Waals surface area contributed by atoms with E-state index in [1.54, 1.807) is 48.5 Å². The van der Waals surface area contributed by atoms with Crippen molar-refractivity contribution in [2.24, 2.45) is 0 Å². The van der Waals surface area contributed by atoms with Crippen LogP contribution in [-0.2, 0) is 0 Å². The summed E-state index contributed by atoms with van der Waals surface area (Å²) in [4.78, 5) is 17.4. The molecule has 0 aliphatic heterocycles. The van der Waals surface area contributed by atoms with Crippen LogP contribution >= 0.6 is 15.9 Å². The Balaban J connectivity index is 1.72. The van der Waals surface area contributed by atoms with Crippen LogP contribution in [0.15, 0.2) is 86.6 Å². The molecule has 0 spiro atoms. The van der Waals surface area contributed by atoms with Crippen molar-refractivity contribution in [2.75, 3.05) is 0 Å². The second kappa shape index (κ2) is 7.31. The molecule has 2 heterocycles. The highest BCUT2D eigenvalue weighted by Crippen LogP contribution is 2.27. The zero-order chi connectivity index (χ0) is 20.7. The fourth-order valence-corrected chi connectivity index (χ4v) is 3.43. The lowest BCUT2D eigenvalue weighted by atomic mass is 10.1. The zero-order valence-electron chi connectivity index (χ0n) is 15.3. The molecule has 2 aromatic heterocycles. The van der Waals surface area contributed by atoms with Gasteiger partial charge >= 0.3 is 0 Å². The first-order chi connectivity index (χ1) is 14.6. The Kier molecular flexibility index (Phi) is 4.48. The summed E-state index contributed by atoms with van der Waals surface area (Å²) in [6.45, 7) is 0. The lowest BCUT2D eigenvalue weighted by Crippen LogP contribution is -2.22. The van der Waals surface area contributed by atoms with Gasteiger partial charge in [-0.25, -0.2) is 4.39 Å². The predicted octanol–water partition coefficient (Wildman–Crippen LogP) is 5.00. The lowest BCUT2D eigenvalue weighted by molar-refractivity contribution is 0.430. The smallest absolute Gasteiger partial charge is 0.279 e. The number of fused-ring (bicyclic) bond motifs is 1. The molecule has 3 aromatic carbocycles. The number of benzene rings is 3. The summed E-state index contributed by atoms with van der Waals surface area (Å²) in [5, 5.41) is 9.53. The predicted molar refractivity (Wildman–Crippen MR) is 114 cm³/mol. The molecule has 8 heteroatoms. The van der Waals surface area contributed by atoms with E-state index in [4.69, 9.17) is 4.52 Å². The maximum absolute atomic E-state index is 13.6. The minimum Gasteiger partial charge on any atom is -0.332 e. The van der Waals surface area contributed by atoms with E-state index in [1.807, 2.05) is 12.1 Å². The second-order valence-electron chi connectivity index (χ2n) is 6.52. The number of halogens is 2. The molecule has 5 aromatic rings. The first kappa shape index (κ1) is 18.4. The molecule has 146 valence electrons. The van der Waals surface area contributed by atoms with Crippen LogP contribution in [0.4, 0.5) is 4.39 Å². The molecule has 0 fully saturated rings. The van der Waals surface area contributed by atoms with Crippen LogP contribution in [0.25, 0.3) is 39.4 Å². The van der Waals surface area contributed by atoms with E-state index in [2.05, 4.69) is 31.2 Å². The van der Waals surface area contributed by atoms with E-state index in [9.17, 15) is 9.18 Å². The van der Waals surface area contributed by atoms with Gasteiger partial charge in [-0.05, 0) is 42.5 Å². The molecular weight excluding hydrogens is 451 g/mol. The third-order valence-electron chi connectivity index (χ3n) is 4.59. The maximum Gasteiger partial charge on any atom is 0.279 e. The molecule has 0 saturated heterocycles. The van der Waals surface area contributed by atoms with Crippen LogP contribution < -0.4 is 5.56 Å². The minimum atomic E-state index is -0.397. The Hall–Kier alpha value is -3.65. The van der Waals surface area contributed by atoms with Gasteiger partial charge in [0, 0.05) is 15.4 Å². The molecular formula is C22H12BrFN4O2. The van der Waals surface area contributed by atoms with Gasteiger partial charge < -0.3 is 4.52 Å². The third-order valence-corrected chi connectivity index (χ3v) is 5.12. The fourth-order valence-electron chi connectivity index (χ4n) is 3.17. The largest absolute Gasteiger partial charge is 0.332 e. The molecule has 0 saturated carbocycles. The Morgan fingerprint density at radius 1 is 0.933 bits per heavy atom. The van der Waals surface area contributed by atoms with Gasteiger partial charge in [-0.3, -0.25) is 4.79 Å². The Labute approximate surface area is 177 Å². The van der Waals surface area contributed by atoms with Crippen LogP contribution in [0.1, 0.15) is 0 Å². The summed E-state index contributed by atoms with van der Waals surface area (Å²) in [7, 11) is 0. The number of aromatic nitrogens is 4. The van der Waals surface area contributed by atoms with Crippen molar-refractivity contribution < 1.29 is 8.91 Å². The van der Waals surface area contributed by atoms with Gasteiger partial charge in [0.2, 0.25) is 5.82 Å². The number of rotatable bonds is 3. The van der Waals surface area contributed by atoms with E-state index in [0.29, 0.717) is 27.7 Å². The minimum absolute atomic E-state index is 0.135. The first-order valence-electron chi connectivity index (χ1n) is 8.98. The molecule has 5 rings (SSSR count). The summed E-state index contributed by atoms with van der Waals surface area (Å²) in [6, 6.07) is 20.2. The summed E-state index contributed by atoms with van der Waals surface area (Å²) in [6.07, 6.45) is 0. The molecule has 0 unspecified atom stereocenters. The van der Waals surface area contributed by atoms with Gasteiger partial charge in [0.1, 0.15) is 5.82 Å². The van der Waals surface area contributed by atoms with Crippen molar-refractivity contribution in [1.29, 1.82) is 0 Å². The van der Waals surface area contributed by atoms with Gasteiger partial charge in [0.05, 0.1) is 11.1 Å². The molecule has 0 N–H and O–H groups in total. The van der Waals surface area contributed by atoms with E-state index < -0.39 is 5.82 Å². The third kappa shape index (κ3) is 3.21. The van der Waals surface area contributed by atoms with Gasteiger partial charge in [-0.2, -0.15) is 14.8 Å². The van der Waals surface area contributed by atoms with Gasteiger partial charge in [-0.15, -0.1) is 0 Å². The van der Waals surface area contributed by atoms with E-state index in [0.717, 1.165) is 4.47 Å². The Morgan fingerprint density at radius 2 is 1.70 bits per heavy atom. The average molecular weight is 463 g/mol. The highest BCUT2D eigenvalue weighted by atomic mass is 79.9. The molecule has 30 heavy (non-hydrogen) atoms. The molecule has 0 aliphatic rings. The van der Waals surface area contributed by atoms with Crippen LogP contribution in [0, 0.1) is 5.82 Å². The van der Waals surface area contributed by atoms with Crippen molar-refractivity contribution in [3.63, 3.8) is 0 Å². The number of nitrogens with zero attached hydrogens (tertiary/aromatic N) is 4. The van der Waals surface area contributed by atoms with Gasteiger partial charge in [0.25, 0.3) is 11.4 Å². The fraction of sp³-hybridized carbons (Fsp3) is 0. The Bertz CT molecular complexity index is 1440. The molecule has 0 radical (unpaired) electrons. The zero-order valence-corrected chi connectivity index (χ0v) is 16.9. The van der Waals surface area contributed by atoms with Crippen LogP contribution in [0.2, 0.25) is 0 Å². The standard InChI is InChI=1S/C22H12BrFN4O2/c23-14-8-10-16(11-9-14)28-22(29)18-7-2-1-6-17(18)19(26-28)21-25-20(27-30-21)13-4-3-5-15(24)12-13/h1-12H. The monoisotopic (exact) mass is 462 g/mol. The number of hydrogen-bond acceptors (Lipinski definition) is 5. The molecule has 0 aliphatic carbocycles. The van der Waals surface area contributed by atoms with E-state index in [1.165, 1.54) is 16.8 Å². The van der Waals surface area contributed by atoms with Crippen LogP contribution in [0.5, 0.6) is 0 Å². The quantitative estimate of drug-likeness (QED) is 0.377. The van der Waals surface area contributed by atoms with E-state index in [-0.39, 0.29) is 17.3 Å². The average Bonchev–Trinajstić information content (AvgIpc) is 3.25. The maximum atomic E-state index is 13.6. The van der Waals surface area contributed by atoms with Crippen molar-refractivity contribution in [1.82, 2.24) is 19.9 Å². The topological polar surface area (TPSA) is 73.8 Å². The van der Waals surface area contributed by atoms with Crippen LogP contribution in [0.3, 0.4) is 0 Å². The second-order valence-corrected chi connectivity index (χ2v) is 7.44. The van der Waals surface area contributed by atoms with Gasteiger partial charge in [-0.1, -0.05) is 51.4 Å². The Morgan fingerprint density at radius 3 is 2.47 bits per heavy atom. The van der Waals surface area contributed by atoms with Crippen molar-refractivity contribution in [3.8, 4) is 28.7 Å². The summed E-state index contributed by atoms with van der Waals surface area (Å²) < 4.78 is 21.2. The molecule has 0 bridgehead atoms. The first-order valence-corrected chi connectivity index (χ1v) is 9.77. The van der Waals surface area contributed by atoms with Crippen molar-refractivity contribution in [3.05, 3.63) is 93.4 Å². The highest BCUT2D eigenvalue weighted by molar-refractivity contribution is 9.10. The normalized spacial score (nSPS) is 11.1. The highest BCUT2D eigenvalue weighted by Gasteiger charge is 2.19. The lowest BCUT2D eigenvalue weighted by Gasteiger charge is -2.09. The van der Waals surface area contributed by atoms with E-state index >= 15 is 0 Å². The number of hydrogen-bond donors (Lipinski definition) is 0. The SMILES string of the molecule is O=c1c2ccccc2c(-c2nc(-c3cccc(F)c3)no2)nn1-c1ccc(Br)cc1. The van der Waals surface area contributed by atoms with Gasteiger partial charge in [0.15, 0.2) is 5.69 Å². The summed E-state index contributed by atoms with van der Waals surface area (Å²) >= 11 is 3.39.